The van der Waals surface area contributed by atoms with Gasteiger partial charge in [-0.3, -0.25) is 19.7 Å². The number of ether oxygens (including phenoxy) is 1. The van der Waals surface area contributed by atoms with Gasteiger partial charge >= 0.3 is 5.97 Å². The maximum atomic E-state index is 13.7. The summed E-state index contributed by atoms with van der Waals surface area (Å²) in [5.41, 5.74) is 0.810. The van der Waals surface area contributed by atoms with Crippen LogP contribution in [0.2, 0.25) is 0 Å². The molecule has 2 amide bonds. The van der Waals surface area contributed by atoms with Crippen LogP contribution in [0.5, 0.6) is 0 Å². The first-order valence-corrected chi connectivity index (χ1v) is 11.0. The monoisotopic (exact) mass is 438 g/mol. The second kappa shape index (κ2) is 8.47. The van der Waals surface area contributed by atoms with E-state index in [-0.39, 0.29) is 6.61 Å². The summed E-state index contributed by atoms with van der Waals surface area (Å²) in [5.74, 6) is -3.52. The molecule has 2 aromatic rings. The van der Waals surface area contributed by atoms with Gasteiger partial charge in [-0.05, 0) is 55.7 Å². The number of nitrogens with one attached hydrogen (secondary N) is 1. The Morgan fingerprint density at radius 3 is 2.41 bits per heavy atom. The number of imide groups is 1. The van der Waals surface area contributed by atoms with E-state index >= 15 is 0 Å². The zero-order valence-electron chi connectivity index (χ0n) is 18.4. The van der Waals surface area contributed by atoms with Gasteiger partial charge in [0.05, 0.1) is 24.1 Å². The molecular weight excluding hydrogens is 411 g/mol. The highest BCUT2D eigenvalue weighted by molar-refractivity contribution is 6.24. The van der Waals surface area contributed by atoms with Crippen molar-refractivity contribution in [3.63, 3.8) is 0 Å². The van der Waals surface area contributed by atoms with E-state index in [0.717, 1.165) is 16.0 Å². The summed E-state index contributed by atoms with van der Waals surface area (Å²) in [4.78, 5) is 41.8. The second-order valence-corrected chi connectivity index (χ2v) is 8.41. The predicted molar refractivity (Wildman–Crippen MR) is 117 cm³/mol. The maximum absolute atomic E-state index is 13.7. The molecule has 0 unspecified atom stereocenters. The Kier molecular flexibility index (Phi) is 5.86. The zero-order valence-corrected chi connectivity index (χ0v) is 18.4. The first kappa shape index (κ1) is 22.1. The molecule has 0 aliphatic carbocycles. The van der Waals surface area contributed by atoms with Crippen LogP contribution in [0.1, 0.15) is 43.9 Å². The Labute approximate surface area is 186 Å². The summed E-state index contributed by atoms with van der Waals surface area (Å²) in [6.07, 6.45) is 0.971. The molecule has 0 aromatic heterocycles. The Balaban J connectivity index is 1.87. The van der Waals surface area contributed by atoms with E-state index in [1.807, 2.05) is 38.1 Å². The lowest BCUT2D eigenvalue weighted by atomic mass is 9.76. The van der Waals surface area contributed by atoms with E-state index in [1.165, 1.54) is 24.3 Å². The van der Waals surface area contributed by atoms with Crippen LogP contribution in [0.3, 0.4) is 0 Å². The SMILES string of the molecule is CCC[C@]1(C(=O)OCC)N[C@H](c2ccccc2C)[C@@H]2C(=O)N(c3ccc(F)cc3)C(=O)[C@H]21. The predicted octanol–water partition coefficient (Wildman–Crippen LogP) is 3.69. The minimum absolute atomic E-state index is 0.169. The summed E-state index contributed by atoms with van der Waals surface area (Å²) in [6, 6.07) is 12.4. The van der Waals surface area contributed by atoms with Gasteiger partial charge in [-0.1, -0.05) is 37.6 Å². The summed E-state index contributed by atoms with van der Waals surface area (Å²) < 4.78 is 18.9. The third-order valence-corrected chi connectivity index (χ3v) is 6.55. The van der Waals surface area contributed by atoms with E-state index < -0.39 is 47.0 Å². The van der Waals surface area contributed by atoms with Crippen molar-refractivity contribution in [2.24, 2.45) is 11.8 Å². The van der Waals surface area contributed by atoms with Gasteiger partial charge in [0.25, 0.3) is 0 Å². The Morgan fingerprint density at radius 1 is 1.09 bits per heavy atom. The van der Waals surface area contributed by atoms with Crippen LogP contribution in [0.15, 0.2) is 48.5 Å². The van der Waals surface area contributed by atoms with Crippen molar-refractivity contribution in [3.05, 3.63) is 65.5 Å². The van der Waals surface area contributed by atoms with Gasteiger partial charge < -0.3 is 4.74 Å². The number of benzene rings is 2. The zero-order chi connectivity index (χ0) is 23.0. The number of nitrogens with zero attached hydrogens (tertiary/aromatic N) is 1. The van der Waals surface area contributed by atoms with Crippen molar-refractivity contribution in [2.45, 2.75) is 45.2 Å². The van der Waals surface area contributed by atoms with Crippen LogP contribution in [0.25, 0.3) is 0 Å². The van der Waals surface area contributed by atoms with E-state index in [1.54, 1.807) is 6.92 Å². The van der Waals surface area contributed by atoms with Crippen LogP contribution in [-0.2, 0) is 19.1 Å². The Morgan fingerprint density at radius 2 is 1.78 bits per heavy atom. The fraction of sp³-hybridized carbons (Fsp3) is 0.400. The van der Waals surface area contributed by atoms with E-state index in [0.29, 0.717) is 18.5 Å². The molecule has 0 saturated carbocycles. The highest BCUT2D eigenvalue weighted by Gasteiger charge is 2.68. The van der Waals surface area contributed by atoms with E-state index in [2.05, 4.69) is 5.32 Å². The Bertz CT molecular complexity index is 1050. The minimum atomic E-state index is -1.32. The molecule has 2 heterocycles. The van der Waals surface area contributed by atoms with Crippen molar-refractivity contribution < 1.29 is 23.5 Å². The van der Waals surface area contributed by atoms with Gasteiger partial charge in [-0.15, -0.1) is 0 Å². The minimum Gasteiger partial charge on any atom is -0.465 e. The molecule has 6 nitrogen and oxygen atoms in total. The van der Waals surface area contributed by atoms with Gasteiger partial charge in [-0.25, -0.2) is 9.29 Å². The number of esters is 1. The molecule has 2 saturated heterocycles. The summed E-state index contributed by atoms with van der Waals surface area (Å²) in [6.45, 7) is 5.75. The molecule has 4 rings (SSSR count). The largest absolute Gasteiger partial charge is 0.465 e. The van der Waals surface area contributed by atoms with Crippen LogP contribution >= 0.6 is 0 Å². The molecular formula is C25H27FN2O4. The molecule has 2 aliphatic heterocycles. The molecule has 1 N–H and O–H groups in total. The lowest BCUT2D eigenvalue weighted by Crippen LogP contribution is -2.56. The van der Waals surface area contributed by atoms with Crippen molar-refractivity contribution in [1.29, 1.82) is 0 Å². The fourth-order valence-corrected chi connectivity index (χ4v) is 5.22. The maximum Gasteiger partial charge on any atom is 0.327 e. The second-order valence-electron chi connectivity index (χ2n) is 8.41. The molecule has 7 heteroatoms. The average molecular weight is 438 g/mol. The molecule has 2 fully saturated rings. The van der Waals surface area contributed by atoms with Crippen LogP contribution in [0.4, 0.5) is 10.1 Å². The van der Waals surface area contributed by atoms with E-state index in [9.17, 15) is 18.8 Å². The molecule has 2 aliphatic rings. The van der Waals surface area contributed by atoms with Crippen LogP contribution in [0, 0.1) is 24.6 Å². The number of carbonyl (C=O) groups is 3. The molecule has 0 radical (unpaired) electrons. The lowest BCUT2D eigenvalue weighted by Gasteiger charge is -2.32. The quantitative estimate of drug-likeness (QED) is 0.550. The van der Waals surface area contributed by atoms with Crippen LogP contribution in [-0.4, -0.2) is 29.9 Å². The third-order valence-electron chi connectivity index (χ3n) is 6.55. The number of carbonyl (C=O) groups excluding carboxylic acids is 3. The average Bonchev–Trinajstić information content (AvgIpc) is 3.24. The smallest absolute Gasteiger partial charge is 0.327 e. The highest BCUT2D eigenvalue weighted by Crippen LogP contribution is 2.52. The summed E-state index contributed by atoms with van der Waals surface area (Å²) in [7, 11) is 0. The molecule has 4 atom stereocenters. The van der Waals surface area contributed by atoms with Crippen molar-refractivity contribution in [2.75, 3.05) is 11.5 Å². The Hall–Kier alpha value is -3.06. The lowest BCUT2D eigenvalue weighted by molar-refractivity contribution is -0.155. The number of fused-ring (bicyclic) bond motifs is 1. The molecule has 2 aromatic carbocycles. The molecule has 168 valence electrons. The number of amides is 2. The van der Waals surface area contributed by atoms with Crippen LogP contribution < -0.4 is 10.2 Å². The molecule has 0 bridgehead atoms. The molecule has 32 heavy (non-hydrogen) atoms. The van der Waals surface area contributed by atoms with Gasteiger partial charge in [0.15, 0.2) is 0 Å². The fourth-order valence-electron chi connectivity index (χ4n) is 5.22. The van der Waals surface area contributed by atoms with Gasteiger partial charge in [0.2, 0.25) is 11.8 Å². The molecule has 0 spiro atoms. The number of hydrogen-bond acceptors (Lipinski definition) is 5. The highest BCUT2D eigenvalue weighted by atomic mass is 19.1. The summed E-state index contributed by atoms with van der Waals surface area (Å²) in [5, 5.41) is 3.39. The number of aryl methyl sites for hydroxylation is 1. The number of anilines is 1. The van der Waals surface area contributed by atoms with E-state index in [4.69, 9.17) is 4.74 Å². The van der Waals surface area contributed by atoms with Gasteiger partial charge in [-0.2, -0.15) is 0 Å². The topological polar surface area (TPSA) is 75.7 Å². The third kappa shape index (κ3) is 3.32. The number of halogens is 1. The first-order valence-electron chi connectivity index (χ1n) is 11.0. The van der Waals surface area contributed by atoms with Gasteiger partial charge in [0, 0.05) is 6.04 Å². The number of hydrogen-bond donors (Lipinski definition) is 1. The van der Waals surface area contributed by atoms with Gasteiger partial charge in [0.1, 0.15) is 11.4 Å². The first-order chi connectivity index (χ1) is 15.4. The van der Waals surface area contributed by atoms with Crippen molar-refractivity contribution in [3.8, 4) is 0 Å². The van der Waals surface area contributed by atoms with Crippen molar-refractivity contribution >= 4 is 23.5 Å². The number of rotatable bonds is 6. The summed E-state index contributed by atoms with van der Waals surface area (Å²) >= 11 is 0. The standard InChI is InChI=1S/C25H27FN2O4/c1-4-14-25(24(31)32-5-2)20-19(21(27-25)18-9-7-6-8-15(18)3)22(29)28(23(20)30)17-12-10-16(26)11-13-17/h6-13,19-21,27H,4-5,14H2,1-3H3/t19-,20+,21-,25+/m1/s1. The normalized spacial score (nSPS) is 27.0. The van der Waals surface area contributed by atoms with Crippen molar-refractivity contribution in [1.82, 2.24) is 5.32 Å².